The molecule has 2 heterocycles. The number of ether oxygens (including phenoxy) is 4. The van der Waals surface area contributed by atoms with Crippen molar-refractivity contribution < 1.29 is 57.0 Å². The minimum atomic E-state index is -0.819. The highest BCUT2D eigenvalue weighted by Crippen LogP contribution is 2.33. The number of carbonyl (C=O) groups excluding carboxylic acids is 2. The fourth-order valence-corrected chi connectivity index (χ4v) is 7.81. The van der Waals surface area contributed by atoms with E-state index in [-0.39, 0.29) is 36.3 Å². The van der Waals surface area contributed by atoms with Crippen LogP contribution >= 0.6 is 34.9 Å². The Hall–Kier alpha value is -0.890. The molecule has 328 valence electrons. The van der Waals surface area contributed by atoms with Crippen LogP contribution in [0.2, 0.25) is 0 Å². The lowest BCUT2D eigenvalue weighted by atomic mass is 10.0. The SMILES string of the molecule is CCCCCCCCCCCC(Cl)OC(=O)Cl.CCCCCCCCCCCC(OC(=O)OC(C)C)[N+]1(C)CCC=C(c2nsnc2OCCCCCC)C1.[I-]. The first-order chi connectivity index (χ1) is 26.6. The van der Waals surface area contributed by atoms with E-state index in [1.807, 2.05) is 13.8 Å². The van der Waals surface area contributed by atoms with Crippen molar-refractivity contribution in [2.45, 2.75) is 213 Å². The predicted octanol–water partition coefficient (Wildman–Crippen LogP) is 11.4. The molecule has 0 aliphatic carbocycles. The van der Waals surface area contributed by atoms with E-state index in [9.17, 15) is 9.59 Å². The molecule has 13 heteroatoms. The van der Waals surface area contributed by atoms with E-state index in [1.165, 1.54) is 127 Å². The monoisotopic (exact) mass is 961 g/mol. The Morgan fingerprint density at radius 2 is 1.23 bits per heavy atom. The molecule has 0 amide bonds. The van der Waals surface area contributed by atoms with Crippen LogP contribution in [0, 0.1) is 0 Å². The summed E-state index contributed by atoms with van der Waals surface area (Å²) >= 11 is 12.0. The molecule has 9 nitrogen and oxygen atoms in total. The summed E-state index contributed by atoms with van der Waals surface area (Å²) < 4.78 is 31.7. The third-order valence-electron chi connectivity index (χ3n) is 10.1. The molecule has 56 heavy (non-hydrogen) atoms. The number of alkyl halides is 1. The Morgan fingerprint density at radius 3 is 1.75 bits per heavy atom. The van der Waals surface area contributed by atoms with Crippen LogP contribution < -0.4 is 28.7 Å². The summed E-state index contributed by atoms with van der Waals surface area (Å²) in [5.74, 6) is 0.641. The van der Waals surface area contributed by atoms with Gasteiger partial charge in [0.2, 0.25) is 6.23 Å². The van der Waals surface area contributed by atoms with Crippen molar-refractivity contribution in [1.82, 2.24) is 8.75 Å². The molecule has 0 saturated heterocycles. The van der Waals surface area contributed by atoms with E-state index in [1.54, 1.807) is 0 Å². The fraction of sp³-hybridized carbons (Fsp3) is 0.860. The molecule has 1 aliphatic rings. The smallest absolute Gasteiger partial charge is 0.513 e. The van der Waals surface area contributed by atoms with Crippen LogP contribution in [0.3, 0.4) is 0 Å². The Balaban J connectivity index is 0.00000142. The molecule has 3 atom stereocenters. The number of aromatic nitrogens is 2. The number of hydrogen-bond acceptors (Lipinski definition) is 9. The van der Waals surface area contributed by atoms with E-state index in [4.69, 9.17) is 37.4 Å². The maximum Gasteiger partial charge on any atom is 0.513 e. The van der Waals surface area contributed by atoms with E-state index < -0.39 is 17.1 Å². The van der Waals surface area contributed by atoms with Gasteiger partial charge in [-0.25, -0.2) is 9.59 Å². The predicted molar refractivity (Wildman–Crippen MR) is 230 cm³/mol. The molecule has 0 saturated carbocycles. The van der Waals surface area contributed by atoms with Gasteiger partial charge in [-0.05, 0) is 39.5 Å². The van der Waals surface area contributed by atoms with Crippen LogP contribution in [-0.4, -0.2) is 69.5 Å². The zero-order chi connectivity index (χ0) is 40.6. The number of unbranched alkanes of at least 4 members (excludes halogenated alkanes) is 19. The van der Waals surface area contributed by atoms with Gasteiger partial charge in [-0.15, -0.1) is 4.37 Å². The maximum atomic E-state index is 12.6. The number of hydrogen-bond donors (Lipinski definition) is 0. The Kier molecular flexibility index (Phi) is 35.4. The normalized spacial score (nSPS) is 16.2. The van der Waals surface area contributed by atoms with Crippen molar-refractivity contribution in [1.29, 1.82) is 0 Å². The highest BCUT2D eigenvalue weighted by Gasteiger charge is 2.39. The van der Waals surface area contributed by atoms with Crippen molar-refractivity contribution in [3.8, 4) is 5.88 Å². The first-order valence-corrected chi connectivity index (χ1v) is 23.5. The summed E-state index contributed by atoms with van der Waals surface area (Å²) in [4.78, 5) is 22.9. The van der Waals surface area contributed by atoms with Crippen molar-refractivity contribution in [3.63, 3.8) is 0 Å². The Bertz CT molecular complexity index is 1150. The van der Waals surface area contributed by atoms with E-state index >= 15 is 0 Å². The quantitative estimate of drug-likeness (QED) is 0.0181. The Labute approximate surface area is 373 Å². The molecule has 0 fully saturated rings. The van der Waals surface area contributed by atoms with Gasteiger partial charge in [0.15, 0.2) is 5.56 Å². The second kappa shape index (κ2) is 36.0. The van der Waals surface area contributed by atoms with Crippen LogP contribution in [0.5, 0.6) is 5.88 Å². The molecule has 1 aromatic rings. The molecule has 1 aliphatic heterocycles. The average molecular weight is 963 g/mol. The molecular weight excluding hydrogens is 884 g/mol. The first kappa shape index (κ1) is 55.1. The summed E-state index contributed by atoms with van der Waals surface area (Å²) in [6.45, 7) is 12.7. The van der Waals surface area contributed by atoms with Gasteiger partial charge < -0.3 is 42.9 Å². The zero-order valence-electron chi connectivity index (χ0n) is 35.9. The number of rotatable bonds is 31. The third-order valence-corrected chi connectivity index (χ3v) is 11.0. The van der Waals surface area contributed by atoms with Crippen molar-refractivity contribution in [2.75, 3.05) is 26.7 Å². The lowest BCUT2D eigenvalue weighted by Crippen LogP contribution is -3.00. The topological polar surface area (TPSA) is 96.8 Å². The van der Waals surface area contributed by atoms with Gasteiger partial charge in [0, 0.05) is 30.0 Å². The molecule has 0 aromatic carbocycles. The minimum Gasteiger partial charge on any atom is -1.00 e. The first-order valence-electron chi connectivity index (χ1n) is 21.9. The van der Waals surface area contributed by atoms with Crippen LogP contribution in [0.25, 0.3) is 5.57 Å². The van der Waals surface area contributed by atoms with Gasteiger partial charge >= 0.3 is 11.6 Å². The largest absolute Gasteiger partial charge is 1.00 e. The van der Waals surface area contributed by atoms with E-state index in [0.717, 1.165) is 62.9 Å². The van der Waals surface area contributed by atoms with Gasteiger partial charge in [0.25, 0.3) is 5.88 Å². The molecule has 0 N–H and O–H groups in total. The summed E-state index contributed by atoms with van der Waals surface area (Å²) in [5, 5.41) is 0. The molecule has 0 bridgehead atoms. The summed E-state index contributed by atoms with van der Waals surface area (Å²) in [6, 6.07) is 0. The van der Waals surface area contributed by atoms with Gasteiger partial charge in [0.05, 0.1) is 38.0 Å². The lowest BCUT2D eigenvalue weighted by molar-refractivity contribution is -0.947. The summed E-state index contributed by atoms with van der Waals surface area (Å²) in [7, 11) is 2.19. The minimum absolute atomic E-state index is 0. The maximum absolute atomic E-state index is 12.6. The van der Waals surface area contributed by atoms with Gasteiger partial charge in [-0.2, -0.15) is 4.37 Å². The third kappa shape index (κ3) is 27.7. The van der Waals surface area contributed by atoms with Gasteiger partial charge in [-0.1, -0.05) is 160 Å². The molecule has 2 rings (SSSR count). The second-order valence-corrected chi connectivity index (χ2v) is 17.0. The molecule has 1 aromatic heterocycles. The number of nitrogens with zero attached hydrogens (tertiary/aromatic N) is 3. The number of carbonyl (C=O) groups is 2. The summed E-state index contributed by atoms with van der Waals surface area (Å²) in [6.07, 6.45) is 31.1. The van der Waals surface area contributed by atoms with Crippen LogP contribution in [0.4, 0.5) is 9.59 Å². The van der Waals surface area contributed by atoms with Crippen LogP contribution in [-0.2, 0) is 14.2 Å². The number of halogens is 3. The molecule has 0 spiro atoms. The van der Waals surface area contributed by atoms with Gasteiger partial charge in [-0.3, -0.25) is 4.48 Å². The highest BCUT2D eigenvalue weighted by molar-refractivity contribution is 6.99. The average Bonchev–Trinajstić information content (AvgIpc) is 3.61. The van der Waals surface area contributed by atoms with E-state index in [0.29, 0.717) is 23.4 Å². The molecule has 3 unspecified atom stereocenters. The standard InChI is InChI=1S/C30H54N3O4S.C13H24Cl2O2.HI/c1-6-8-10-12-13-14-15-16-17-21-27(37-30(34)36-25(3)4)33(5)22-19-20-26(24-33)28-29(32-38-31-28)35-23-18-11-9-7-2;1-2-3-4-5-6-7-8-9-10-11-12(14)17-13(15)16;/h20,25,27H,6-19,21-24H2,1-5H3;12H,2-11H2,1H3;1H/q+1;;/p-1. The number of likely N-dealkylation sites (N-methyl/N-ethyl adjacent to an activating group) is 1. The summed E-state index contributed by atoms with van der Waals surface area (Å²) in [5.41, 5.74) is 0.598. The lowest BCUT2D eigenvalue weighted by Gasteiger charge is -2.42. The second-order valence-electron chi connectivity index (χ2n) is 15.7. The molecular formula is C43H78Cl2IN3O6S. The van der Waals surface area contributed by atoms with Gasteiger partial charge in [0.1, 0.15) is 12.2 Å². The van der Waals surface area contributed by atoms with Crippen LogP contribution in [0.1, 0.15) is 201 Å². The fourth-order valence-electron chi connectivity index (χ4n) is 6.89. The van der Waals surface area contributed by atoms with Crippen molar-refractivity contribution >= 4 is 52.1 Å². The zero-order valence-corrected chi connectivity index (χ0v) is 40.4. The highest BCUT2D eigenvalue weighted by atomic mass is 127. The van der Waals surface area contributed by atoms with Crippen LogP contribution in [0.15, 0.2) is 6.08 Å². The molecule has 0 radical (unpaired) electrons. The van der Waals surface area contributed by atoms with Crippen molar-refractivity contribution in [3.05, 3.63) is 11.8 Å². The number of quaternary nitrogens is 1. The van der Waals surface area contributed by atoms with E-state index in [2.05, 4.69) is 47.4 Å². The van der Waals surface area contributed by atoms with Crippen molar-refractivity contribution in [2.24, 2.45) is 0 Å². The Morgan fingerprint density at radius 1 is 0.732 bits per heavy atom.